The van der Waals surface area contributed by atoms with Crippen molar-refractivity contribution in [2.45, 2.75) is 19.9 Å². The predicted octanol–water partition coefficient (Wildman–Crippen LogP) is 2.95. The Balaban J connectivity index is 2.79. The number of halogens is 1. The van der Waals surface area contributed by atoms with Crippen molar-refractivity contribution in [1.82, 2.24) is 4.98 Å². The van der Waals surface area contributed by atoms with E-state index >= 15 is 0 Å². The number of nitrogens with two attached hydrogens (primary N) is 1. The molecule has 0 atom stereocenters. The third kappa shape index (κ3) is 1.37. The number of nitrogens with one attached hydrogen (secondary N) is 1. The number of aromatic amines is 1. The maximum Gasteiger partial charge on any atom is 0.0603 e. The van der Waals surface area contributed by atoms with Crippen molar-refractivity contribution in [2.75, 3.05) is 0 Å². The van der Waals surface area contributed by atoms with Crippen LogP contribution in [0.3, 0.4) is 0 Å². The maximum absolute atomic E-state index is 5.75. The molecule has 3 N–H and O–H groups in total. The summed E-state index contributed by atoms with van der Waals surface area (Å²) in [6.07, 6.45) is 0.994. The van der Waals surface area contributed by atoms with E-state index in [1.54, 1.807) is 0 Å². The van der Waals surface area contributed by atoms with Crippen LogP contribution in [0.15, 0.2) is 22.7 Å². The molecular weight excluding hydrogens is 240 g/mol. The van der Waals surface area contributed by atoms with Gasteiger partial charge in [0.05, 0.1) is 5.52 Å². The first kappa shape index (κ1) is 9.74. The highest BCUT2D eigenvalue weighted by molar-refractivity contribution is 9.10. The van der Waals surface area contributed by atoms with Crippen molar-refractivity contribution in [2.24, 2.45) is 5.73 Å². The number of hydrogen-bond acceptors (Lipinski definition) is 1. The van der Waals surface area contributed by atoms with Crippen molar-refractivity contribution >= 4 is 26.8 Å². The fourth-order valence-electron chi connectivity index (χ4n) is 1.83. The molecule has 0 unspecified atom stereocenters. The minimum absolute atomic E-state index is 0.597. The summed E-state index contributed by atoms with van der Waals surface area (Å²) in [7, 11) is 0. The van der Waals surface area contributed by atoms with Gasteiger partial charge in [-0.15, -0.1) is 0 Å². The molecule has 0 aliphatic heterocycles. The Bertz CT molecular complexity index is 460. The second-order valence-electron chi connectivity index (χ2n) is 3.30. The first-order valence-electron chi connectivity index (χ1n) is 4.76. The Morgan fingerprint density at radius 1 is 1.43 bits per heavy atom. The molecule has 3 heteroatoms. The summed E-state index contributed by atoms with van der Waals surface area (Å²) in [5.74, 6) is 0. The number of aromatic nitrogens is 1. The Morgan fingerprint density at radius 3 is 2.86 bits per heavy atom. The van der Waals surface area contributed by atoms with E-state index in [0.29, 0.717) is 6.54 Å². The average molecular weight is 253 g/mol. The molecule has 2 rings (SSSR count). The zero-order chi connectivity index (χ0) is 10.1. The zero-order valence-electron chi connectivity index (χ0n) is 8.10. The Labute approximate surface area is 91.6 Å². The number of para-hydroxylation sites is 1. The fourth-order valence-corrected chi connectivity index (χ4v) is 2.29. The van der Waals surface area contributed by atoms with E-state index in [-0.39, 0.29) is 0 Å². The predicted molar refractivity (Wildman–Crippen MR) is 63.3 cm³/mol. The summed E-state index contributed by atoms with van der Waals surface area (Å²) >= 11 is 3.53. The molecule has 1 aromatic heterocycles. The summed E-state index contributed by atoms with van der Waals surface area (Å²) in [4.78, 5) is 3.41. The summed E-state index contributed by atoms with van der Waals surface area (Å²) in [6, 6.07) is 6.19. The van der Waals surface area contributed by atoms with Gasteiger partial charge in [0.2, 0.25) is 0 Å². The van der Waals surface area contributed by atoms with E-state index in [1.807, 2.05) is 12.1 Å². The molecule has 0 aliphatic carbocycles. The zero-order valence-corrected chi connectivity index (χ0v) is 9.69. The number of H-pyrrole nitrogens is 1. The van der Waals surface area contributed by atoms with E-state index in [0.717, 1.165) is 16.4 Å². The molecule has 0 bridgehead atoms. The van der Waals surface area contributed by atoms with Crippen molar-refractivity contribution in [1.29, 1.82) is 0 Å². The Hall–Kier alpha value is -0.800. The molecule has 14 heavy (non-hydrogen) atoms. The van der Waals surface area contributed by atoms with Gasteiger partial charge in [-0.2, -0.15) is 0 Å². The van der Waals surface area contributed by atoms with Crippen LogP contribution < -0.4 is 5.73 Å². The van der Waals surface area contributed by atoms with Gasteiger partial charge in [0.1, 0.15) is 0 Å². The molecule has 0 aliphatic rings. The quantitative estimate of drug-likeness (QED) is 0.848. The maximum atomic E-state index is 5.75. The highest BCUT2D eigenvalue weighted by Gasteiger charge is 2.09. The fraction of sp³-hybridized carbons (Fsp3) is 0.273. The lowest BCUT2D eigenvalue weighted by Gasteiger charge is -1.97. The molecule has 2 nitrogen and oxygen atoms in total. The van der Waals surface area contributed by atoms with Gasteiger partial charge in [0.25, 0.3) is 0 Å². The van der Waals surface area contributed by atoms with E-state index in [4.69, 9.17) is 5.73 Å². The lowest BCUT2D eigenvalue weighted by molar-refractivity contribution is 0.987. The molecule has 0 fully saturated rings. The molecule has 1 heterocycles. The topological polar surface area (TPSA) is 41.8 Å². The first-order chi connectivity index (χ1) is 6.77. The van der Waals surface area contributed by atoms with Crippen LogP contribution in [-0.4, -0.2) is 4.98 Å². The molecule has 0 saturated carbocycles. The Morgan fingerprint density at radius 2 is 2.21 bits per heavy atom. The standard InChI is InChI=1S/C11H13BrN2/c1-2-10-8(6-13)7-4-3-5-9(12)11(7)14-10/h3-5,14H,2,6,13H2,1H3. The average Bonchev–Trinajstić information content (AvgIpc) is 2.57. The number of hydrogen-bond donors (Lipinski definition) is 2. The Kier molecular flexibility index (Phi) is 2.61. The number of rotatable bonds is 2. The summed E-state index contributed by atoms with van der Waals surface area (Å²) in [5.41, 5.74) is 9.39. The third-order valence-electron chi connectivity index (χ3n) is 2.54. The molecule has 1 aromatic carbocycles. The second-order valence-corrected chi connectivity index (χ2v) is 4.16. The molecule has 0 spiro atoms. The lowest BCUT2D eigenvalue weighted by Crippen LogP contribution is -1.98. The second kappa shape index (κ2) is 3.75. The third-order valence-corrected chi connectivity index (χ3v) is 3.20. The van der Waals surface area contributed by atoms with Crippen molar-refractivity contribution in [3.05, 3.63) is 33.9 Å². The van der Waals surface area contributed by atoms with Crippen LogP contribution in [0.5, 0.6) is 0 Å². The van der Waals surface area contributed by atoms with Crippen LogP contribution in [-0.2, 0) is 13.0 Å². The molecule has 0 saturated heterocycles. The number of fused-ring (bicyclic) bond motifs is 1. The molecule has 2 aromatic rings. The monoisotopic (exact) mass is 252 g/mol. The summed E-state index contributed by atoms with van der Waals surface area (Å²) < 4.78 is 1.10. The van der Waals surface area contributed by atoms with Gasteiger partial charge in [-0.3, -0.25) is 0 Å². The van der Waals surface area contributed by atoms with Crippen LogP contribution in [0.4, 0.5) is 0 Å². The largest absolute Gasteiger partial charge is 0.357 e. The van der Waals surface area contributed by atoms with Gasteiger partial charge in [0, 0.05) is 22.1 Å². The lowest BCUT2D eigenvalue weighted by atomic mass is 10.1. The van der Waals surface area contributed by atoms with Gasteiger partial charge < -0.3 is 10.7 Å². The van der Waals surface area contributed by atoms with Gasteiger partial charge >= 0.3 is 0 Å². The van der Waals surface area contributed by atoms with Crippen molar-refractivity contribution in [3.8, 4) is 0 Å². The van der Waals surface area contributed by atoms with Crippen LogP contribution in [0.25, 0.3) is 10.9 Å². The van der Waals surface area contributed by atoms with E-state index in [9.17, 15) is 0 Å². The van der Waals surface area contributed by atoms with Crippen LogP contribution in [0.2, 0.25) is 0 Å². The molecule has 0 radical (unpaired) electrons. The first-order valence-corrected chi connectivity index (χ1v) is 5.55. The van der Waals surface area contributed by atoms with Crippen LogP contribution >= 0.6 is 15.9 Å². The molecule has 0 amide bonds. The molecular formula is C11H13BrN2. The van der Waals surface area contributed by atoms with Crippen LogP contribution in [0.1, 0.15) is 18.2 Å². The van der Waals surface area contributed by atoms with Gasteiger partial charge in [-0.1, -0.05) is 19.1 Å². The van der Waals surface area contributed by atoms with Crippen molar-refractivity contribution in [3.63, 3.8) is 0 Å². The minimum atomic E-state index is 0.597. The highest BCUT2D eigenvalue weighted by atomic mass is 79.9. The normalized spacial score (nSPS) is 11.1. The van der Waals surface area contributed by atoms with Crippen molar-refractivity contribution < 1.29 is 0 Å². The van der Waals surface area contributed by atoms with E-state index in [1.165, 1.54) is 16.6 Å². The van der Waals surface area contributed by atoms with E-state index < -0.39 is 0 Å². The summed E-state index contributed by atoms with van der Waals surface area (Å²) in [6.45, 7) is 2.73. The van der Waals surface area contributed by atoms with Crippen LogP contribution in [0, 0.1) is 0 Å². The van der Waals surface area contributed by atoms with E-state index in [2.05, 4.69) is 33.9 Å². The minimum Gasteiger partial charge on any atom is -0.357 e. The van der Waals surface area contributed by atoms with Gasteiger partial charge in [-0.05, 0) is 34.0 Å². The molecule has 74 valence electrons. The van der Waals surface area contributed by atoms with Gasteiger partial charge in [-0.25, -0.2) is 0 Å². The number of benzene rings is 1. The highest BCUT2D eigenvalue weighted by Crippen LogP contribution is 2.28. The van der Waals surface area contributed by atoms with Gasteiger partial charge in [0.15, 0.2) is 0 Å². The SMILES string of the molecule is CCc1[nH]c2c(Br)cccc2c1CN. The number of aryl methyl sites for hydroxylation is 1. The smallest absolute Gasteiger partial charge is 0.0603 e. The summed E-state index contributed by atoms with van der Waals surface area (Å²) in [5, 5.41) is 1.23.